The van der Waals surface area contributed by atoms with Crippen molar-refractivity contribution in [3.8, 4) is 5.75 Å². The Morgan fingerprint density at radius 1 is 1.08 bits per heavy atom. The average Bonchev–Trinajstić information content (AvgIpc) is 2.47. The lowest BCUT2D eigenvalue weighted by Crippen LogP contribution is -2.42. The quantitative estimate of drug-likeness (QED) is 0.801. The molecule has 9 heteroatoms. The van der Waals surface area contributed by atoms with Gasteiger partial charge in [0.15, 0.2) is 0 Å². The normalized spacial score (nSPS) is 21.7. The van der Waals surface area contributed by atoms with Gasteiger partial charge in [0, 0.05) is 6.04 Å². The molecule has 0 radical (unpaired) electrons. The van der Waals surface area contributed by atoms with Crippen molar-refractivity contribution in [3.05, 3.63) is 29.8 Å². The van der Waals surface area contributed by atoms with Crippen molar-refractivity contribution >= 4 is 5.91 Å². The summed E-state index contributed by atoms with van der Waals surface area (Å²) in [5.74, 6) is -2.28. The van der Waals surface area contributed by atoms with Crippen LogP contribution in [0.25, 0.3) is 0 Å². The average molecular weight is 369 g/mol. The molecule has 0 unspecified atom stereocenters. The van der Waals surface area contributed by atoms with Gasteiger partial charge in [-0.15, -0.1) is 13.2 Å². The van der Waals surface area contributed by atoms with Crippen molar-refractivity contribution in [3.63, 3.8) is 0 Å². The molecule has 0 heterocycles. The number of halogens is 6. The molecule has 25 heavy (non-hydrogen) atoms. The zero-order valence-electron chi connectivity index (χ0n) is 13.1. The van der Waals surface area contributed by atoms with E-state index in [-0.39, 0.29) is 19.3 Å². The van der Waals surface area contributed by atoms with Gasteiger partial charge in [0.2, 0.25) is 5.91 Å². The first-order valence-corrected chi connectivity index (χ1v) is 7.74. The van der Waals surface area contributed by atoms with Crippen molar-refractivity contribution < 1.29 is 35.9 Å². The number of hydrogen-bond donors (Lipinski definition) is 1. The topological polar surface area (TPSA) is 38.3 Å². The Kier molecular flexibility index (Phi) is 5.84. The minimum Gasteiger partial charge on any atom is -0.406 e. The molecule has 1 aliphatic carbocycles. The summed E-state index contributed by atoms with van der Waals surface area (Å²) in [4.78, 5) is 11.9. The monoisotopic (exact) mass is 369 g/mol. The van der Waals surface area contributed by atoms with E-state index in [2.05, 4.69) is 10.1 Å². The molecule has 2 atom stereocenters. The first-order valence-electron chi connectivity index (χ1n) is 7.74. The molecule has 0 aliphatic heterocycles. The van der Waals surface area contributed by atoms with E-state index in [1.54, 1.807) is 0 Å². The second kappa shape index (κ2) is 7.53. The van der Waals surface area contributed by atoms with Gasteiger partial charge in [-0.3, -0.25) is 4.79 Å². The highest BCUT2D eigenvalue weighted by molar-refractivity contribution is 5.78. The van der Waals surface area contributed by atoms with Crippen molar-refractivity contribution in [2.24, 2.45) is 5.92 Å². The number of amides is 1. The highest BCUT2D eigenvalue weighted by atomic mass is 19.4. The zero-order chi connectivity index (χ0) is 18.7. The summed E-state index contributed by atoms with van der Waals surface area (Å²) in [7, 11) is 0. The van der Waals surface area contributed by atoms with Gasteiger partial charge in [-0.25, -0.2) is 0 Å². The van der Waals surface area contributed by atoms with E-state index in [0.717, 1.165) is 12.1 Å². The molecule has 140 valence electrons. The van der Waals surface area contributed by atoms with Crippen molar-refractivity contribution in [2.75, 3.05) is 0 Å². The number of ether oxygens (including phenoxy) is 1. The van der Waals surface area contributed by atoms with Crippen LogP contribution < -0.4 is 10.1 Å². The van der Waals surface area contributed by atoms with E-state index >= 15 is 0 Å². The number of alkyl halides is 6. The maximum absolute atomic E-state index is 12.7. The number of rotatable bonds is 4. The maximum atomic E-state index is 12.7. The van der Waals surface area contributed by atoms with E-state index in [1.165, 1.54) is 12.1 Å². The summed E-state index contributed by atoms with van der Waals surface area (Å²) in [5, 5.41) is 2.57. The lowest BCUT2D eigenvalue weighted by Gasteiger charge is -2.31. The van der Waals surface area contributed by atoms with Crippen molar-refractivity contribution in [1.82, 2.24) is 5.32 Å². The van der Waals surface area contributed by atoms with Gasteiger partial charge < -0.3 is 10.1 Å². The van der Waals surface area contributed by atoms with E-state index in [1.807, 2.05) is 0 Å². The summed E-state index contributed by atoms with van der Waals surface area (Å²) in [5.41, 5.74) is 0.440. The predicted octanol–water partition coefficient (Wildman–Crippen LogP) is 4.37. The van der Waals surface area contributed by atoms with Crippen LogP contribution in [0.2, 0.25) is 0 Å². The molecule has 0 aromatic heterocycles. The van der Waals surface area contributed by atoms with Crippen LogP contribution in [0.15, 0.2) is 24.3 Å². The SMILES string of the molecule is O=C(Cc1ccc(OC(F)(F)F)cc1)N[C@@H]1CCC[C@@H](C(F)(F)F)C1. The molecule has 1 fully saturated rings. The molecule has 0 saturated heterocycles. The number of nitrogens with one attached hydrogen (secondary N) is 1. The molecule has 0 spiro atoms. The Bertz CT molecular complexity index is 582. The van der Waals surface area contributed by atoms with E-state index in [0.29, 0.717) is 18.4 Å². The lowest BCUT2D eigenvalue weighted by molar-refractivity contribution is -0.274. The molecular weight excluding hydrogens is 352 g/mol. The van der Waals surface area contributed by atoms with Crippen molar-refractivity contribution in [1.29, 1.82) is 0 Å². The summed E-state index contributed by atoms with van der Waals surface area (Å²) in [6.45, 7) is 0. The molecule has 1 aromatic rings. The van der Waals surface area contributed by atoms with Gasteiger partial charge in [0.05, 0.1) is 12.3 Å². The first-order chi connectivity index (χ1) is 11.5. The Labute approximate surface area is 140 Å². The largest absolute Gasteiger partial charge is 0.573 e. The van der Waals surface area contributed by atoms with Crippen LogP contribution in [-0.2, 0) is 11.2 Å². The number of benzene rings is 1. The van der Waals surface area contributed by atoms with Crippen LogP contribution in [0.3, 0.4) is 0 Å². The molecule has 2 rings (SSSR count). The Morgan fingerprint density at radius 3 is 2.28 bits per heavy atom. The third kappa shape index (κ3) is 6.47. The van der Waals surface area contributed by atoms with Crippen LogP contribution >= 0.6 is 0 Å². The minimum atomic E-state index is -4.80. The van der Waals surface area contributed by atoms with Gasteiger partial charge in [0.1, 0.15) is 5.75 Å². The third-order valence-corrected chi connectivity index (χ3v) is 4.02. The molecule has 1 saturated carbocycles. The van der Waals surface area contributed by atoms with Crippen molar-refractivity contribution in [2.45, 2.75) is 50.7 Å². The number of hydrogen-bond acceptors (Lipinski definition) is 2. The van der Waals surface area contributed by atoms with Crippen LogP contribution in [0, 0.1) is 5.92 Å². The van der Waals surface area contributed by atoms with Crippen LogP contribution in [0.5, 0.6) is 5.75 Å². The second-order valence-electron chi connectivity index (χ2n) is 6.04. The smallest absolute Gasteiger partial charge is 0.406 e. The molecule has 0 bridgehead atoms. The molecule has 1 N–H and O–H groups in total. The summed E-state index contributed by atoms with van der Waals surface area (Å²) < 4.78 is 78.2. The highest BCUT2D eigenvalue weighted by Gasteiger charge is 2.42. The van der Waals surface area contributed by atoms with Crippen LogP contribution in [0.4, 0.5) is 26.3 Å². The number of carbonyl (C=O) groups is 1. The maximum Gasteiger partial charge on any atom is 0.573 e. The highest BCUT2D eigenvalue weighted by Crippen LogP contribution is 2.37. The molecule has 3 nitrogen and oxygen atoms in total. The second-order valence-corrected chi connectivity index (χ2v) is 6.04. The van der Waals surface area contributed by atoms with E-state index < -0.39 is 36.2 Å². The standard InChI is InChI=1S/C16H17F6NO2/c17-15(18,19)11-2-1-3-12(9-11)23-14(24)8-10-4-6-13(7-5-10)25-16(20,21)22/h4-7,11-12H,1-3,8-9H2,(H,23,24)/t11-,12-/m1/s1. The van der Waals surface area contributed by atoms with Gasteiger partial charge in [-0.2, -0.15) is 13.2 Å². The summed E-state index contributed by atoms with van der Waals surface area (Å²) in [6.07, 6.45) is -8.40. The fourth-order valence-electron chi connectivity index (χ4n) is 2.89. The Morgan fingerprint density at radius 2 is 1.72 bits per heavy atom. The van der Waals surface area contributed by atoms with E-state index in [4.69, 9.17) is 0 Å². The fraction of sp³-hybridized carbons (Fsp3) is 0.562. The Hall–Kier alpha value is -1.93. The molecule has 1 amide bonds. The first kappa shape index (κ1) is 19.4. The summed E-state index contributed by atoms with van der Waals surface area (Å²) >= 11 is 0. The third-order valence-electron chi connectivity index (χ3n) is 4.02. The van der Waals surface area contributed by atoms with Gasteiger partial charge in [0.25, 0.3) is 0 Å². The van der Waals surface area contributed by atoms with E-state index in [9.17, 15) is 31.1 Å². The number of carbonyl (C=O) groups excluding carboxylic acids is 1. The summed E-state index contributed by atoms with van der Waals surface area (Å²) in [6, 6.07) is 4.23. The lowest BCUT2D eigenvalue weighted by atomic mass is 9.85. The van der Waals surface area contributed by atoms with Gasteiger partial charge >= 0.3 is 12.5 Å². The zero-order valence-corrected chi connectivity index (χ0v) is 13.1. The van der Waals surface area contributed by atoms with Gasteiger partial charge in [-0.1, -0.05) is 18.6 Å². The Balaban J connectivity index is 1.85. The fourth-order valence-corrected chi connectivity index (χ4v) is 2.89. The molecular formula is C16H17F6NO2. The molecule has 1 aliphatic rings. The van der Waals surface area contributed by atoms with Gasteiger partial charge in [-0.05, 0) is 37.0 Å². The molecule has 1 aromatic carbocycles. The minimum absolute atomic E-state index is 0.0660. The predicted molar refractivity (Wildman–Crippen MR) is 76.8 cm³/mol. The van der Waals surface area contributed by atoms with Crippen LogP contribution in [-0.4, -0.2) is 24.5 Å². The van der Waals surface area contributed by atoms with Crippen LogP contribution in [0.1, 0.15) is 31.2 Å².